The summed E-state index contributed by atoms with van der Waals surface area (Å²) in [6, 6.07) is 23.0. The summed E-state index contributed by atoms with van der Waals surface area (Å²) in [6.07, 6.45) is 0.423. The average Bonchev–Trinajstić information content (AvgIpc) is 2.87. The summed E-state index contributed by atoms with van der Waals surface area (Å²) in [5.41, 5.74) is 5.17. The highest BCUT2D eigenvalue weighted by atomic mass is 16.5. The van der Waals surface area contributed by atoms with Crippen molar-refractivity contribution >= 4 is 11.8 Å². The maximum Gasteiger partial charge on any atom is 0.261 e. The van der Waals surface area contributed by atoms with Crippen molar-refractivity contribution in [2.45, 2.75) is 53.6 Å². The Morgan fingerprint density at radius 2 is 1.50 bits per heavy atom. The van der Waals surface area contributed by atoms with Gasteiger partial charge in [0.15, 0.2) is 6.61 Å². The standard InChI is InChI=1S/C31H38N2O3/c1-22(2)19-32-31(35)28(18-26-12-8-6-9-13-26)33(20-27-14-10-7-11-15-27)30(34)21-36-29-17-23(3)16-24(4)25(29)5/h6-17,22,28H,18-21H2,1-5H3,(H,32,35). The molecular weight excluding hydrogens is 448 g/mol. The Labute approximate surface area is 215 Å². The third-order valence-corrected chi connectivity index (χ3v) is 6.27. The van der Waals surface area contributed by atoms with Crippen molar-refractivity contribution in [3.63, 3.8) is 0 Å². The minimum absolute atomic E-state index is 0.140. The molecule has 2 amide bonds. The molecule has 190 valence electrons. The van der Waals surface area contributed by atoms with E-state index >= 15 is 0 Å². The van der Waals surface area contributed by atoms with Crippen LogP contribution in [0.15, 0.2) is 72.8 Å². The summed E-state index contributed by atoms with van der Waals surface area (Å²) in [5, 5.41) is 3.05. The molecule has 3 aromatic rings. The number of amides is 2. The maximum atomic E-state index is 13.7. The number of nitrogens with one attached hydrogen (secondary N) is 1. The number of benzene rings is 3. The molecule has 0 aliphatic heterocycles. The molecule has 0 saturated carbocycles. The molecule has 3 aromatic carbocycles. The lowest BCUT2D eigenvalue weighted by Gasteiger charge is -2.32. The summed E-state index contributed by atoms with van der Waals surface area (Å²) >= 11 is 0. The van der Waals surface area contributed by atoms with Gasteiger partial charge in [0.2, 0.25) is 5.91 Å². The number of carbonyl (C=O) groups is 2. The normalized spacial score (nSPS) is 11.7. The minimum atomic E-state index is -0.664. The Kier molecular flexibility index (Phi) is 9.69. The Balaban J connectivity index is 1.91. The van der Waals surface area contributed by atoms with Crippen molar-refractivity contribution < 1.29 is 14.3 Å². The van der Waals surface area contributed by atoms with E-state index in [1.165, 1.54) is 0 Å². The Bertz CT molecular complexity index is 1140. The van der Waals surface area contributed by atoms with E-state index in [-0.39, 0.29) is 18.4 Å². The molecule has 1 unspecified atom stereocenters. The van der Waals surface area contributed by atoms with Crippen LogP contribution < -0.4 is 10.1 Å². The first-order valence-corrected chi connectivity index (χ1v) is 12.6. The van der Waals surface area contributed by atoms with Crippen molar-refractivity contribution in [2.24, 2.45) is 5.92 Å². The van der Waals surface area contributed by atoms with Crippen LogP contribution in [0.3, 0.4) is 0 Å². The molecule has 0 fully saturated rings. The van der Waals surface area contributed by atoms with Gasteiger partial charge in [0.1, 0.15) is 11.8 Å². The highest BCUT2D eigenvalue weighted by Gasteiger charge is 2.30. The van der Waals surface area contributed by atoms with E-state index in [4.69, 9.17) is 4.74 Å². The Hall–Kier alpha value is -3.60. The van der Waals surface area contributed by atoms with Gasteiger partial charge in [0.25, 0.3) is 5.91 Å². The van der Waals surface area contributed by atoms with Gasteiger partial charge in [-0.15, -0.1) is 0 Å². The molecule has 5 nitrogen and oxygen atoms in total. The van der Waals surface area contributed by atoms with Gasteiger partial charge < -0.3 is 15.0 Å². The van der Waals surface area contributed by atoms with Crippen LogP contribution in [0.5, 0.6) is 5.75 Å². The fourth-order valence-corrected chi connectivity index (χ4v) is 4.13. The first-order chi connectivity index (χ1) is 17.2. The molecule has 3 rings (SSSR count). The molecule has 0 aliphatic rings. The average molecular weight is 487 g/mol. The van der Waals surface area contributed by atoms with Crippen molar-refractivity contribution in [1.29, 1.82) is 0 Å². The van der Waals surface area contributed by atoms with Crippen LogP contribution >= 0.6 is 0 Å². The number of ether oxygens (including phenoxy) is 1. The zero-order valence-corrected chi connectivity index (χ0v) is 22.1. The molecule has 1 atom stereocenters. The zero-order chi connectivity index (χ0) is 26.1. The van der Waals surface area contributed by atoms with Crippen LogP contribution in [0, 0.1) is 26.7 Å². The molecule has 0 heterocycles. The second kappa shape index (κ2) is 12.9. The van der Waals surface area contributed by atoms with Gasteiger partial charge >= 0.3 is 0 Å². The van der Waals surface area contributed by atoms with E-state index in [2.05, 4.69) is 25.2 Å². The lowest BCUT2D eigenvalue weighted by molar-refractivity contribution is -0.142. The molecule has 5 heteroatoms. The predicted octanol–water partition coefficient (Wildman–Crippen LogP) is 5.40. The maximum absolute atomic E-state index is 13.7. The molecule has 0 bridgehead atoms. The fraction of sp³-hybridized carbons (Fsp3) is 0.355. The third kappa shape index (κ3) is 7.70. The van der Waals surface area contributed by atoms with Gasteiger partial charge in [-0.05, 0) is 60.6 Å². The topological polar surface area (TPSA) is 58.6 Å². The molecule has 36 heavy (non-hydrogen) atoms. The van der Waals surface area contributed by atoms with Crippen molar-refractivity contribution in [3.05, 3.63) is 101 Å². The van der Waals surface area contributed by atoms with Gasteiger partial charge in [-0.1, -0.05) is 80.6 Å². The number of hydrogen-bond donors (Lipinski definition) is 1. The summed E-state index contributed by atoms with van der Waals surface area (Å²) in [5.74, 6) is 0.627. The highest BCUT2D eigenvalue weighted by molar-refractivity contribution is 5.88. The van der Waals surface area contributed by atoms with Crippen LogP contribution in [-0.4, -0.2) is 35.9 Å². The molecule has 0 radical (unpaired) electrons. The lowest BCUT2D eigenvalue weighted by atomic mass is 10.0. The molecule has 0 saturated heterocycles. The van der Waals surface area contributed by atoms with Gasteiger partial charge in [-0.25, -0.2) is 0 Å². The second-order valence-electron chi connectivity index (χ2n) is 9.85. The molecule has 1 N–H and O–H groups in total. The summed E-state index contributed by atoms with van der Waals surface area (Å²) in [4.78, 5) is 28.8. The second-order valence-corrected chi connectivity index (χ2v) is 9.85. The molecule has 0 aliphatic carbocycles. The van der Waals surface area contributed by atoms with E-state index in [0.29, 0.717) is 31.2 Å². The van der Waals surface area contributed by atoms with Gasteiger partial charge in [0, 0.05) is 19.5 Å². The van der Waals surface area contributed by atoms with Crippen LogP contribution in [-0.2, 0) is 22.6 Å². The van der Waals surface area contributed by atoms with Crippen LogP contribution in [0.2, 0.25) is 0 Å². The number of aryl methyl sites for hydroxylation is 2. The highest BCUT2D eigenvalue weighted by Crippen LogP contribution is 2.24. The van der Waals surface area contributed by atoms with E-state index < -0.39 is 6.04 Å². The van der Waals surface area contributed by atoms with Crippen LogP contribution in [0.1, 0.15) is 41.7 Å². The van der Waals surface area contributed by atoms with E-state index in [0.717, 1.165) is 27.8 Å². The Morgan fingerprint density at radius 3 is 2.11 bits per heavy atom. The number of rotatable bonds is 11. The van der Waals surface area contributed by atoms with Crippen LogP contribution in [0.4, 0.5) is 0 Å². The van der Waals surface area contributed by atoms with E-state index in [1.54, 1.807) is 4.90 Å². The largest absolute Gasteiger partial charge is 0.483 e. The van der Waals surface area contributed by atoms with Gasteiger partial charge in [-0.3, -0.25) is 9.59 Å². The van der Waals surface area contributed by atoms with Crippen LogP contribution in [0.25, 0.3) is 0 Å². The van der Waals surface area contributed by atoms with Crippen molar-refractivity contribution in [2.75, 3.05) is 13.2 Å². The third-order valence-electron chi connectivity index (χ3n) is 6.27. The molecule has 0 spiro atoms. The van der Waals surface area contributed by atoms with Gasteiger partial charge in [-0.2, -0.15) is 0 Å². The van der Waals surface area contributed by atoms with E-state index in [9.17, 15) is 9.59 Å². The first kappa shape index (κ1) is 27.0. The van der Waals surface area contributed by atoms with Gasteiger partial charge in [0.05, 0.1) is 0 Å². The van der Waals surface area contributed by atoms with Crippen molar-refractivity contribution in [3.8, 4) is 5.75 Å². The Morgan fingerprint density at radius 1 is 0.889 bits per heavy atom. The summed E-state index contributed by atoms with van der Waals surface area (Å²) < 4.78 is 6.03. The summed E-state index contributed by atoms with van der Waals surface area (Å²) in [6.45, 7) is 10.9. The number of carbonyl (C=O) groups excluding carboxylic acids is 2. The predicted molar refractivity (Wildman–Crippen MR) is 145 cm³/mol. The lowest BCUT2D eigenvalue weighted by Crippen LogP contribution is -2.52. The molecule has 0 aromatic heterocycles. The fourth-order valence-electron chi connectivity index (χ4n) is 4.13. The van der Waals surface area contributed by atoms with Crippen molar-refractivity contribution in [1.82, 2.24) is 10.2 Å². The number of nitrogens with zero attached hydrogens (tertiary/aromatic N) is 1. The first-order valence-electron chi connectivity index (χ1n) is 12.6. The minimum Gasteiger partial charge on any atom is -0.483 e. The SMILES string of the molecule is Cc1cc(C)c(C)c(OCC(=O)N(Cc2ccccc2)C(Cc2ccccc2)C(=O)NCC(C)C)c1. The zero-order valence-electron chi connectivity index (χ0n) is 22.1. The smallest absolute Gasteiger partial charge is 0.261 e. The monoisotopic (exact) mass is 486 g/mol. The number of hydrogen-bond acceptors (Lipinski definition) is 3. The van der Waals surface area contributed by atoms with E-state index in [1.807, 2.05) is 87.5 Å². The summed E-state index contributed by atoms with van der Waals surface area (Å²) in [7, 11) is 0. The molecular formula is C31H38N2O3. The quantitative estimate of drug-likeness (QED) is 0.395.